The third-order valence-corrected chi connectivity index (χ3v) is 7.75. The zero-order valence-corrected chi connectivity index (χ0v) is 22.3. The number of rotatable bonds is 5. The third-order valence-electron chi connectivity index (χ3n) is 7.75. The Kier molecular flexibility index (Phi) is 6.19. The average Bonchev–Trinajstić information content (AvgIpc) is 3.42. The Labute approximate surface area is 224 Å². The summed E-state index contributed by atoms with van der Waals surface area (Å²) in [6.45, 7) is 6.18. The van der Waals surface area contributed by atoms with Gasteiger partial charge in [-0.1, -0.05) is 5.21 Å². The first-order valence-corrected chi connectivity index (χ1v) is 13.1. The van der Waals surface area contributed by atoms with Crippen LogP contribution < -0.4 is 0 Å². The summed E-state index contributed by atoms with van der Waals surface area (Å²) in [5.41, 5.74) is 2.57. The molecule has 0 radical (unpaired) electrons. The van der Waals surface area contributed by atoms with Gasteiger partial charge in [-0.05, 0) is 69.9 Å². The molecule has 1 aliphatic heterocycles. The van der Waals surface area contributed by atoms with E-state index in [9.17, 15) is 5.11 Å². The first kappa shape index (κ1) is 25.5. The van der Waals surface area contributed by atoms with Crippen LogP contribution in [0.15, 0.2) is 42.7 Å². The van der Waals surface area contributed by atoms with Crippen molar-refractivity contribution >= 4 is 21.9 Å². The normalized spacial score (nSPS) is 15.9. The number of hydrogen-bond acceptors (Lipinski definition) is 6. The van der Waals surface area contributed by atoms with Crippen LogP contribution in [0, 0.1) is 24.5 Å². The molecular formula is C29H30F2N6O2. The number of aromatic nitrogens is 6. The molecule has 1 atom stereocenters. The van der Waals surface area contributed by atoms with Crippen molar-refractivity contribution in [3.63, 3.8) is 0 Å². The first-order chi connectivity index (χ1) is 18.7. The number of aliphatic hydroxyl groups is 1. The Morgan fingerprint density at radius 1 is 1.13 bits per heavy atom. The van der Waals surface area contributed by atoms with Crippen molar-refractivity contribution in [3.8, 4) is 11.3 Å². The van der Waals surface area contributed by atoms with Crippen LogP contribution in [0.5, 0.6) is 0 Å². The lowest BCUT2D eigenvalue weighted by Gasteiger charge is -2.32. The smallest absolute Gasteiger partial charge is 0.156 e. The first-order valence-electron chi connectivity index (χ1n) is 13.1. The molecule has 0 bridgehead atoms. The third kappa shape index (κ3) is 4.18. The van der Waals surface area contributed by atoms with Gasteiger partial charge in [0.15, 0.2) is 5.82 Å². The molecule has 1 aliphatic rings. The highest BCUT2D eigenvalue weighted by Crippen LogP contribution is 2.43. The van der Waals surface area contributed by atoms with Crippen LogP contribution in [0.25, 0.3) is 33.2 Å². The fourth-order valence-corrected chi connectivity index (χ4v) is 5.80. The van der Waals surface area contributed by atoms with Crippen LogP contribution in [0.2, 0.25) is 0 Å². The van der Waals surface area contributed by atoms with Crippen molar-refractivity contribution in [2.45, 2.75) is 45.3 Å². The molecule has 1 fully saturated rings. The maximum Gasteiger partial charge on any atom is 0.156 e. The van der Waals surface area contributed by atoms with E-state index in [4.69, 9.17) is 9.72 Å². The molecule has 202 valence electrons. The van der Waals surface area contributed by atoms with E-state index in [1.54, 1.807) is 57.0 Å². The number of benzene rings is 1. The number of ether oxygens (including phenoxy) is 1. The molecule has 0 aliphatic carbocycles. The molecule has 39 heavy (non-hydrogen) atoms. The Morgan fingerprint density at radius 3 is 2.56 bits per heavy atom. The zero-order chi connectivity index (χ0) is 27.5. The topological polar surface area (TPSA) is 90.9 Å². The van der Waals surface area contributed by atoms with E-state index in [1.165, 1.54) is 6.07 Å². The SMILES string of the molecule is Cc1nnn(C)c1-c1ccc2c3ncc(C(C)(C)O)cc3n([C@@H](c3ncccc3F)C3CCOCC3)c2c1F. The molecule has 1 aromatic carbocycles. The minimum Gasteiger partial charge on any atom is -0.386 e. The second kappa shape index (κ2) is 9.46. The van der Waals surface area contributed by atoms with E-state index in [0.717, 1.165) is 0 Å². The Hall–Kier alpha value is -3.76. The number of nitrogens with zero attached hydrogens (tertiary/aromatic N) is 6. The summed E-state index contributed by atoms with van der Waals surface area (Å²) in [4.78, 5) is 9.16. The van der Waals surface area contributed by atoms with Crippen LogP contribution in [-0.2, 0) is 17.4 Å². The lowest BCUT2D eigenvalue weighted by atomic mass is 9.88. The Balaban J connectivity index is 1.75. The Morgan fingerprint density at radius 2 is 1.90 bits per heavy atom. The van der Waals surface area contributed by atoms with Crippen molar-refractivity contribution in [3.05, 3.63) is 71.3 Å². The average molecular weight is 533 g/mol. The molecule has 1 N–H and O–H groups in total. The van der Waals surface area contributed by atoms with Gasteiger partial charge in [0.05, 0.1) is 45.3 Å². The summed E-state index contributed by atoms with van der Waals surface area (Å²) >= 11 is 0. The molecule has 5 aromatic rings. The summed E-state index contributed by atoms with van der Waals surface area (Å²) in [6.07, 6.45) is 4.49. The second-order valence-corrected chi connectivity index (χ2v) is 10.8. The molecule has 0 unspecified atom stereocenters. The molecule has 0 saturated carbocycles. The van der Waals surface area contributed by atoms with Gasteiger partial charge in [-0.25, -0.2) is 13.5 Å². The predicted molar refractivity (Wildman–Crippen MR) is 143 cm³/mol. The Bertz CT molecular complexity index is 1680. The second-order valence-electron chi connectivity index (χ2n) is 10.8. The molecule has 0 spiro atoms. The van der Waals surface area contributed by atoms with Crippen molar-refractivity contribution in [2.24, 2.45) is 13.0 Å². The summed E-state index contributed by atoms with van der Waals surface area (Å²) < 4.78 is 41.4. The van der Waals surface area contributed by atoms with E-state index < -0.39 is 23.3 Å². The van der Waals surface area contributed by atoms with Gasteiger partial charge in [0.2, 0.25) is 0 Å². The van der Waals surface area contributed by atoms with E-state index in [1.807, 2.05) is 16.7 Å². The van der Waals surface area contributed by atoms with Crippen LogP contribution in [-0.4, -0.2) is 47.8 Å². The summed E-state index contributed by atoms with van der Waals surface area (Å²) in [5.74, 6) is -1.01. The van der Waals surface area contributed by atoms with Crippen molar-refractivity contribution in [2.75, 3.05) is 13.2 Å². The largest absolute Gasteiger partial charge is 0.386 e. The molecular weight excluding hydrogens is 502 g/mol. The summed E-state index contributed by atoms with van der Waals surface area (Å²) in [6, 6.07) is 7.68. The van der Waals surface area contributed by atoms with Crippen LogP contribution in [0.1, 0.15) is 49.7 Å². The maximum absolute atomic E-state index is 16.9. The van der Waals surface area contributed by atoms with Crippen molar-refractivity contribution < 1.29 is 18.6 Å². The standard InChI is InChI=1S/C29H30F2N6O2/c1-16-26(36(4)35-34-16)19-7-8-20-24-22(14-18(15-33-24)29(2,3)38)37(28(20)23(19)31)27(17-9-12-39-13-10-17)25-21(30)6-5-11-32-25/h5-8,11,14-15,17,27,38H,9-10,12-13H2,1-4H3/t27-/m1/s1. The minimum atomic E-state index is -1.19. The predicted octanol–water partition coefficient (Wildman–Crippen LogP) is 5.21. The van der Waals surface area contributed by atoms with E-state index in [2.05, 4.69) is 15.3 Å². The highest BCUT2D eigenvalue weighted by atomic mass is 19.1. The highest BCUT2D eigenvalue weighted by Gasteiger charge is 2.35. The highest BCUT2D eigenvalue weighted by molar-refractivity contribution is 6.07. The van der Waals surface area contributed by atoms with Gasteiger partial charge in [-0.15, -0.1) is 5.10 Å². The van der Waals surface area contributed by atoms with Crippen molar-refractivity contribution in [1.29, 1.82) is 0 Å². The van der Waals surface area contributed by atoms with Gasteiger partial charge in [0, 0.05) is 49.2 Å². The molecule has 6 rings (SSSR count). The fourth-order valence-electron chi connectivity index (χ4n) is 5.80. The fraction of sp³-hybridized carbons (Fsp3) is 0.379. The number of hydrogen-bond donors (Lipinski definition) is 1. The van der Waals surface area contributed by atoms with Gasteiger partial charge in [0.1, 0.15) is 5.82 Å². The summed E-state index contributed by atoms with van der Waals surface area (Å²) in [5, 5.41) is 19.6. The monoisotopic (exact) mass is 532 g/mol. The molecule has 8 nitrogen and oxygen atoms in total. The quantitative estimate of drug-likeness (QED) is 0.334. The van der Waals surface area contributed by atoms with E-state index in [0.29, 0.717) is 70.5 Å². The van der Waals surface area contributed by atoms with Crippen molar-refractivity contribution in [1.82, 2.24) is 29.5 Å². The molecule has 10 heteroatoms. The maximum atomic E-state index is 16.9. The zero-order valence-electron chi connectivity index (χ0n) is 22.3. The molecule has 0 amide bonds. The van der Waals surface area contributed by atoms with Gasteiger partial charge in [-0.3, -0.25) is 9.97 Å². The molecule has 1 saturated heterocycles. The lowest BCUT2D eigenvalue weighted by molar-refractivity contribution is 0.0542. The van der Waals surface area contributed by atoms with Gasteiger partial charge in [0.25, 0.3) is 0 Å². The molecule has 5 heterocycles. The van der Waals surface area contributed by atoms with E-state index >= 15 is 8.78 Å². The summed E-state index contributed by atoms with van der Waals surface area (Å²) in [7, 11) is 1.72. The molecule has 4 aromatic heterocycles. The number of pyridine rings is 2. The number of halogens is 2. The van der Waals surface area contributed by atoms with Crippen LogP contribution >= 0.6 is 0 Å². The van der Waals surface area contributed by atoms with Gasteiger partial charge >= 0.3 is 0 Å². The van der Waals surface area contributed by atoms with Gasteiger partial charge < -0.3 is 14.4 Å². The van der Waals surface area contributed by atoms with Crippen LogP contribution in [0.4, 0.5) is 8.78 Å². The number of aryl methyl sites for hydroxylation is 2. The number of fused-ring (bicyclic) bond motifs is 3. The van der Waals surface area contributed by atoms with E-state index in [-0.39, 0.29) is 11.6 Å². The van der Waals surface area contributed by atoms with Gasteiger partial charge in [-0.2, -0.15) is 0 Å². The van der Waals surface area contributed by atoms with Crippen LogP contribution in [0.3, 0.4) is 0 Å². The minimum absolute atomic E-state index is 0.0732. The lowest BCUT2D eigenvalue weighted by Crippen LogP contribution is -2.28.